The predicted molar refractivity (Wildman–Crippen MR) is 66.1 cm³/mol. The van der Waals surface area contributed by atoms with Gasteiger partial charge < -0.3 is 9.44 Å². The third-order valence-corrected chi connectivity index (χ3v) is 2.89. The van der Waals surface area contributed by atoms with Crippen molar-refractivity contribution in [1.82, 2.24) is 0 Å². The molecule has 0 amide bonds. The molecule has 1 N–H and O–H groups in total. The first-order valence-electron chi connectivity index (χ1n) is 5.19. The van der Waals surface area contributed by atoms with E-state index in [1.54, 1.807) is 0 Å². The molecule has 0 fully saturated rings. The van der Waals surface area contributed by atoms with Gasteiger partial charge in [-0.15, -0.1) is 0 Å². The number of aryl methyl sites for hydroxylation is 1. The second-order valence-corrected chi connectivity index (χ2v) is 3.91. The first-order valence-corrected chi connectivity index (χ1v) is 5.19. The molecule has 2 aromatic carbocycles. The van der Waals surface area contributed by atoms with Gasteiger partial charge in [-0.3, -0.25) is 0 Å². The van der Waals surface area contributed by atoms with Crippen molar-refractivity contribution in [2.75, 3.05) is 0 Å². The second kappa shape index (κ2) is 3.39. The highest BCUT2D eigenvalue weighted by molar-refractivity contribution is 6.50. The van der Waals surface area contributed by atoms with Crippen LogP contribution in [-0.2, 0) is 0 Å². The molecular formula is C13H10BO2. The number of hydrogen-bond acceptors (Lipinski definition) is 2. The van der Waals surface area contributed by atoms with E-state index in [9.17, 15) is 0 Å². The summed E-state index contributed by atoms with van der Waals surface area (Å²) in [5, 5.41) is 11.3. The van der Waals surface area contributed by atoms with Gasteiger partial charge in [0.1, 0.15) is 11.2 Å². The van der Waals surface area contributed by atoms with Crippen LogP contribution in [0, 0.1) is 6.92 Å². The van der Waals surface area contributed by atoms with E-state index < -0.39 is 0 Å². The fourth-order valence-electron chi connectivity index (χ4n) is 2.08. The molecule has 0 aliphatic heterocycles. The average molecular weight is 209 g/mol. The van der Waals surface area contributed by atoms with Crippen LogP contribution in [0.15, 0.2) is 40.8 Å². The van der Waals surface area contributed by atoms with Gasteiger partial charge in [-0.25, -0.2) is 0 Å². The average Bonchev–Trinajstić information content (AvgIpc) is 2.69. The number of para-hydroxylation sites is 2. The number of benzene rings is 2. The Balaban J connectivity index is 2.55. The SMILES string of the molecule is Cc1cccc2c1oc1c([B]O)cccc12. The Bertz CT molecular complexity index is 670. The summed E-state index contributed by atoms with van der Waals surface area (Å²) in [5.41, 5.74) is 3.46. The molecule has 3 aromatic rings. The molecule has 0 saturated heterocycles. The van der Waals surface area contributed by atoms with Gasteiger partial charge in [-0.05, 0) is 17.9 Å². The lowest BCUT2D eigenvalue weighted by molar-refractivity contribution is 0.613. The van der Waals surface area contributed by atoms with E-state index in [1.807, 2.05) is 43.3 Å². The first-order chi connectivity index (χ1) is 7.81. The lowest BCUT2D eigenvalue weighted by Gasteiger charge is -1.93. The van der Waals surface area contributed by atoms with Gasteiger partial charge in [0.05, 0.1) is 0 Å². The Morgan fingerprint density at radius 2 is 1.69 bits per heavy atom. The Labute approximate surface area is 93.8 Å². The molecule has 3 heteroatoms. The van der Waals surface area contributed by atoms with Crippen molar-refractivity contribution < 1.29 is 9.44 Å². The minimum absolute atomic E-state index is 0.716. The molecule has 0 atom stereocenters. The zero-order valence-corrected chi connectivity index (χ0v) is 8.90. The van der Waals surface area contributed by atoms with Crippen LogP contribution in [0.25, 0.3) is 21.9 Å². The summed E-state index contributed by atoms with van der Waals surface area (Å²) in [5.74, 6) is 0. The third kappa shape index (κ3) is 1.18. The molecule has 16 heavy (non-hydrogen) atoms. The predicted octanol–water partition coefficient (Wildman–Crippen LogP) is 2.13. The van der Waals surface area contributed by atoms with Crippen LogP contribution in [0.1, 0.15) is 5.56 Å². The summed E-state index contributed by atoms with van der Waals surface area (Å²) in [7, 11) is 1.08. The maximum absolute atomic E-state index is 9.15. The van der Waals surface area contributed by atoms with Crippen molar-refractivity contribution in [2.45, 2.75) is 6.92 Å². The summed E-state index contributed by atoms with van der Waals surface area (Å²) in [6.45, 7) is 2.02. The van der Waals surface area contributed by atoms with Gasteiger partial charge in [0.15, 0.2) is 0 Å². The van der Waals surface area contributed by atoms with Crippen molar-refractivity contribution in [1.29, 1.82) is 0 Å². The van der Waals surface area contributed by atoms with E-state index in [2.05, 4.69) is 0 Å². The van der Waals surface area contributed by atoms with Crippen molar-refractivity contribution in [2.24, 2.45) is 0 Å². The van der Waals surface area contributed by atoms with Crippen LogP contribution in [0.5, 0.6) is 0 Å². The molecule has 0 saturated carbocycles. The summed E-state index contributed by atoms with van der Waals surface area (Å²) in [6, 6.07) is 11.8. The Hall–Kier alpha value is -1.74. The zero-order valence-electron chi connectivity index (χ0n) is 8.90. The lowest BCUT2D eigenvalue weighted by atomic mass is 9.87. The number of rotatable bonds is 1. The van der Waals surface area contributed by atoms with Gasteiger partial charge in [0.2, 0.25) is 0 Å². The highest BCUT2D eigenvalue weighted by Crippen LogP contribution is 2.29. The minimum Gasteiger partial charge on any atom is -0.456 e. The topological polar surface area (TPSA) is 33.4 Å². The maximum Gasteiger partial charge on any atom is 0.330 e. The van der Waals surface area contributed by atoms with E-state index >= 15 is 0 Å². The normalized spacial score (nSPS) is 11.1. The summed E-state index contributed by atoms with van der Waals surface area (Å²) < 4.78 is 5.81. The van der Waals surface area contributed by atoms with Gasteiger partial charge in [-0.1, -0.05) is 36.4 Å². The molecule has 2 nitrogen and oxygen atoms in total. The monoisotopic (exact) mass is 209 g/mol. The zero-order chi connectivity index (χ0) is 11.1. The fourth-order valence-corrected chi connectivity index (χ4v) is 2.08. The molecule has 77 valence electrons. The van der Waals surface area contributed by atoms with Crippen LogP contribution < -0.4 is 5.46 Å². The quantitative estimate of drug-likeness (QED) is 0.622. The molecule has 0 bridgehead atoms. The first kappa shape index (κ1) is 9.49. The molecule has 0 aliphatic rings. The van der Waals surface area contributed by atoms with Gasteiger partial charge >= 0.3 is 7.48 Å². The number of hydrogen-bond donors (Lipinski definition) is 1. The molecule has 1 heterocycles. The van der Waals surface area contributed by atoms with Crippen LogP contribution in [-0.4, -0.2) is 12.5 Å². The summed E-state index contributed by atoms with van der Waals surface area (Å²) >= 11 is 0. The largest absolute Gasteiger partial charge is 0.456 e. The molecule has 1 radical (unpaired) electrons. The molecule has 0 spiro atoms. The van der Waals surface area contributed by atoms with E-state index in [1.165, 1.54) is 0 Å². The fraction of sp³-hybridized carbons (Fsp3) is 0.0769. The van der Waals surface area contributed by atoms with E-state index in [-0.39, 0.29) is 0 Å². The number of furan rings is 1. The van der Waals surface area contributed by atoms with Crippen LogP contribution in [0.4, 0.5) is 0 Å². The summed E-state index contributed by atoms with van der Waals surface area (Å²) in [6.07, 6.45) is 0. The van der Waals surface area contributed by atoms with Gasteiger partial charge in [0, 0.05) is 10.8 Å². The summed E-state index contributed by atoms with van der Waals surface area (Å²) in [4.78, 5) is 0. The Kier molecular flexibility index (Phi) is 2.01. The van der Waals surface area contributed by atoms with Crippen molar-refractivity contribution >= 4 is 34.9 Å². The Morgan fingerprint density at radius 3 is 2.44 bits per heavy atom. The van der Waals surface area contributed by atoms with Gasteiger partial charge in [-0.2, -0.15) is 0 Å². The van der Waals surface area contributed by atoms with Gasteiger partial charge in [0.25, 0.3) is 0 Å². The highest BCUT2D eigenvalue weighted by atomic mass is 16.3. The minimum atomic E-state index is 0.716. The van der Waals surface area contributed by atoms with E-state index in [4.69, 9.17) is 9.44 Å². The molecule has 0 unspecified atom stereocenters. The van der Waals surface area contributed by atoms with Crippen LogP contribution in [0.3, 0.4) is 0 Å². The maximum atomic E-state index is 9.15. The van der Waals surface area contributed by atoms with E-state index in [0.717, 1.165) is 35.0 Å². The number of fused-ring (bicyclic) bond motifs is 3. The molecule has 1 aromatic heterocycles. The van der Waals surface area contributed by atoms with Crippen LogP contribution >= 0.6 is 0 Å². The lowest BCUT2D eigenvalue weighted by Crippen LogP contribution is -2.12. The van der Waals surface area contributed by atoms with Crippen LogP contribution in [0.2, 0.25) is 0 Å². The highest BCUT2D eigenvalue weighted by Gasteiger charge is 2.11. The molecule has 0 aliphatic carbocycles. The van der Waals surface area contributed by atoms with Crippen molar-refractivity contribution in [3.63, 3.8) is 0 Å². The van der Waals surface area contributed by atoms with E-state index in [0.29, 0.717) is 5.46 Å². The smallest absolute Gasteiger partial charge is 0.330 e. The second-order valence-electron chi connectivity index (χ2n) is 3.91. The standard InChI is InChI=1S/C13H10BO2/c1-8-4-2-5-9-10-6-3-7-11(14-15)13(10)16-12(8)9/h2-7,15H,1H3. The van der Waals surface area contributed by atoms with Crippen molar-refractivity contribution in [3.05, 3.63) is 42.0 Å². The molecule has 3 rings (SSSR count). The molecular weight excluding hydrogens is 199 g/mol. The van der Waals surface area contributed by atoms with Crippen molar-refractivity contribution in [3.8, 4) is 0 Å². The third-order valence-electron chi connectivity index (χ3n) is 2.89. The Morgan fingerprint density at radius 1 is 1.00 bits per heavy atom.